The molecule has 0 aliphatic carbocycles. The highest BCUT2D eigenvalue weighted by atomic mass is 79.9. The van der Waals surface area contributed by atoms with Crippen molar-refractivity contribution in [1.29, 1.82) is 0 Å². The molecule has 0 saturated heterocycles. The van der Waals surface area contributed by atoms with Gasteiger partial charge in [-0.15, -0.1) is 0 Å². The van der Waals surface area contributed by atoms with E-state index in [9.17, 15) is 0 Å². The van der Waals surface area contributed by atoms with Crippen molar-refractivity contribution in [1.82, 2.24) is 10.3 Å². The molecule has 90 valence electrons. The standard InChI is InChI=1S/C12H12Br2N2O/c1-15-11(10-2-3-17-12(10)14)5-8-4-9(13)7-16-6-8/h2-4,6-7,11,15H,5H2,1H3. The van der Waals surface area contributed by atoms with Crippen LogP contribution in [0.15, 0.2) is 44.3 Å². The third-order valence-electron chi connectivity index (χ3n) is 2.57. The Labute approximate surface area is 117 Å². The zero-order valence-electron chi connectivity index (χ0n) is 9.28. The van der Waals surface area contributed by atoms with Crippen LogP contribution in [-0.2, 0) is 6.42 Å². The summed E-state index contributed by atoms with van der Waals surface area (Å²) in [6, 6.07) is 4.25. The average molecular weight is 360 g/mol. The van der Waals surface area contributed by atoms with Crippen molar-refractivity contribution in [2.24, 2.45) is 0 Å². The number of halogens is 2. The fourth-order valence-corrected chi connectivity index (χ4v) is 2.65. The molecule has 0 radical (unpaired) electrons. The summed E-state index contributed by atoms with van der Waals surface area (Å²) in [5.41, 5.74) is 2.29. The van der Waals surface area contributed by atoms with E-state index in [4.69, 9.17) is 4.42 Å². The average Bonchev–Trinajstić information content (AvgIpc) is 2.72. The third-order valence-corrected chi connectivity index (χ3v) is 3.65. The highest BCUT2D eigenvalue weighted by Gasteiger charge is 2.15. The van der Waals surface area contributed by atoms with Crippen molar-refractivity contribution >= 4 is 31.9 Å². The van der Waals surface area contributed by atoms with E-state index in [0.29, 0.717) is 0 Å². The first-order valence-electron chi connectivity index (χ1n) is 5.20. The van der Waals surface area contributed by atoms with E-state index < -0.39 is 0 Å². The van der Waals surface area contributed by atoms with E-state index in [1.165, 1.54) is 5.56 Å². The van der Waals surface area contributed by atoms with Gasteiger partial charge in [0.15, 0.2) is 4.67 Å². The number of pyridine rings is 1. The number of likely N-dealkylation sites (N-methyl/N-ethyl adjacent to an activating group) is 1. The number of hydrogen-bond donors (Lipinski definition) is 1. The number of hydrogen-bond acceptors (Lipinski definition) is 3. The predicted octanol–water partition coefficient (Wildman–Crippen LogP) is 3.70. The Morgan fingerprint density at radius 3 is 2.82 bits per heavy atom. The Kier molecular flexibility index (Phi) is 4.36. The molecule has 0 aromatic carbocycles. The van der Waals surface area contributed by atoms with Crippen LogP contribution in [0.2, 0.25) is 0 Å². The molecule has 3 nitrogen and oxygen atoms in total. The van der Waals surface area contributed by atoms with Crippen LogP contribution in [0.5, 0.6) is 0 Å². The minimum atomic E-state index is 0.208. The monoisotopic (exact) mass is 358 g/mol. The van der Waals surface area contributed by atoms with Gasteiger partial charge in [0.05, 0.1) is 6.26 Å². The molecule has 2 aromatic rings. The topological polar surface area (TPSA) is 38.1 Å². The van der Waals surface area contributed by atoms with Crippen molar-refractivity contribution in [2.45, 2.75) is 12.5 Å². The van der Waals surface area contributed by atoms with Gasteiger partial charge in [0.1, 0.15) is 0 Å². The van der Waals surface area contributed by atoms with Gasteiger partial charge in [-0.25, -0.2) is 0 Å². The number of nitrogens with zero attached hydrogens (tertiary/aromatic N) is 1. The van der Waals surface area contributed by atoms with Crippen LogP contribution >= 0.6 is 31.9 Å². The molecule has 2 rings (SSSR count). The summed E-state index contributed by atoms with van der Waals surface area (Å²) in [5, 5.41) is 3.28. The lowest BCUT2D eigenvalue weighted by molar-refractivity contribution is 0.518. The molecule has 0 amide bonds. The second-order valence-corrected chi connectivity index (χ2v) is 5.34. The normalized spacial score (nSPS) is 12.6. The van der Waals surface area contributed by atoms with Gasteiger partial charge in [-0.3, -0.25) is 4.98 Å². The molecule has 0 spiro atoms. The second kappa shape index (κ2) is 5.80. The van der Waals surface area contributed by atoms with Crippen LogP contribution in [0.25, 0.3) is 0 Å². The summed E-state index contributed by atoms with van der Waals surface area (Å²) >= 11 is 6.83. The highest BCUT2D eigenvalue weighted by Crippen LogP contribution is 2.27. The fraction of sp³-hybridized carbons (Fsp3) is 0.250. The zero-order valence-corrected chi connectivity index (χ0v) is 12.5. The van der Waals surface area contributed by atoms with E-state index in [1.807, 2.05) is 19.3 Å². The van der Waals surface area contributed by atoms with Gasteiger partial charge in [0.25, 0.3) is 0 Å². The van der Waals surface area contributed by atoms with E-state index in [1.54, 1.807) is 12.5 Å². The van der Waals surface area contributed by atoms with Gasteiger partial charge in [-0.2, -0.15) is 0 Å². The van der Waals surface area contributed by atoms with Gasteiger partial charge in [0.2, 0.25) is 0 Å². The second-order valence-electron chi connectivity index (χ2n) is 3.71. The summed E-state index contributed by atoms with van der Waals surface area (Å²) in [6.45, 7) is 0. The molecule has 2 aromatic heterocycles. The number of rotatable bonds is 4. The molecule has 0 saturated carbocycles. The van der Waals surface area contributed by atoms with Gasteiger partial charge < -0.3 is 9.73 Å². The van der Waals surface area contributed by atoms with Crippen molar-refractivity contribution < 1.29 is 4.42 Å². The number of aromatic nitrogens is 1. The summed E-state index contributed by atoms with van der Waals surface area (Å²) in [4.78, 5) is 4.17. The Balaban J connectivity index is 2.19. The molecule has 5 heteroatoms. The van der Waals surface area contributed by atoms with Crippen LogP contribution < -0.4 is 5.32 Å². The highest BCUT2D eigenvalue weighted by molar-refractivity contribution is 9.10. The van der Waals surface area contributed by atoms with E-state index in [-0.39, 0.29) is 6.04 Å². The molecule has 0 bridgehead atoms. The van der Waals surface area contributed by atoms with Crippen LogP contribution in [0, 0.1) is 0 Å². The Morgan fingerprint density at radius 2 is 2.24 bits per heavy atom. The zero-order chi connectivity index (χ0) is 12.3. The van der Waals surface area contributed by atoms with Gasteiger partial charge >= 0.3 is 0 Å². The quantitative estimate of drug-likeness (QED) is 0.904. The van der Waals surface area contributed by atoms with Crippen LogP contribution in [0.1, 0.15) is 17.2 Å². The molecular weight excluding hydrogens is 348 g/mol. The summed E-state index contributed by atoms with van der Waals surface area (Å²) in [5.74, 6) is 0. The Bertz CT molecular complexity index is 499. The van der Waals surface area contributed by atoms with Crippen LogP contribution in [0.3, 0.4) is 0 Å². The van der Waals surface area contributed by atoms with Gasteiger partial charge in [-0.05, 0) is 63.0 Å². The molecule has 1 atom stereocenters. The largest absolute Gasteiger partial charge is 0.457 e. The van der Waals surface area contributed by atoms with Crippen molar-refractivity contribution in [3.05, 3.63) is 51.1 Å². The molecule has 0 aliphatic rings. The first-order chi connectivity index (χ1) is 8.20. The maximum Gasteiger partial charge on any atom is 0.173 e. The minimum Gasteiger partial charge on any atom is -0.457 e. The van der Waals surface area contributed by atoms with E-state index in [2.05, 4.69) is 48.2 Å². The van der Waals surface area contributed by atoms with Crippen molar-refractivity contribution in [2.75, 3.05) is 7.05 Å². The first-order valence-corrected chi connectivity index (χ1v) is 6.79. The number of nitrogens with one attached hydrogen (secondary N) is 1. The molecule has 2 heterocycles. The minimum absolute atomic E-state index is 0.208. The smallest absolute Gasteiger partial charge is 0.173 e. The maximum atomic E-state index is 5.26. The molecule has 0 fully saturated rings. The predicted molar refractivity (Wildman–Crippen MR) is 73.8 cm³/mol. The summed E-state index contributed by atoms with van der Waals surface area (Å²) in [6.07, 6.45) is 6.21. The Hall–Kier alpha value is -0.650. The lowest BCUT2D eigenvalue weighted by Gasteiger charge is -2.15. The lowest BCUT2D eigenvalue weighted by atomic mass is 10.0. The maximum absolute atomic E-state index is 5.26. The molecule has 17 heavy (non-hydrogen) atoms. The lowest BCUT2D eigenvalue weighted by Crippen LogP contribution is -2.18. The molecular formula is C12H12Br2N2O. The fourth-order valence-electron chi connectivity index (χ4n) is 1.72. The van der Waals surface area contributed by atoms with Crippen LogP contribution in [-0.4, -0.2) is 12.0 Å². The molecule has 1 N–H and O–H groups in total. The first kappa shape index (κ1) is 12.8. The van der Waals surface area contributed by atoms with E-state index in [0.717, 1.165) is 21.1 Å². The molecule has 0 aliphatic heterocycles. The Morgan fingerprint density at radius 1 is 1.41 bits per heavy atom. The SMILES string of the molecule is CNC(Cc1cncc(Br)c1)c1ccoc1Br. The van der Waals surface area contributed by atoms with Crippen molar-refractivity contribution in [3.8, 4) is 0 Å². The van der Waals surface area contributed by atoms with Gasteiger partial charge in [-0.1, -0.05) is 0 Å². The summed E-state index contributed by atoms with van der Waals surface area (Å²) in [7, 11) is 1.94. The van der Waals surface area contributed by atoms with Crippen LogP contribution in [0.4, 0.5) is 0 Å². The molecule has 1 unspecified atom stereocenters. The van der Waals surface area contributed by atoms with E-state index >= 15 is 0 Å². The number of furan rings is 1. The third kappa shape index (κ3) is 3.18. The summed E-state index contributed by atoms with van der Waals surface area (Å²) < 4.78 is 7.03. The van der Waals surface area contributed by atoms with Crippen molar-refractivity contribution in [3.63, 3.8) is 0 Å². The van der Waals surface area contributed by atoms with Gasteiger partial charge in [0, 0.05) is 28.5 Å².